The SMILES string of the molecule is Cc1cc2[nH]c(=O)c3cnn(C4CCOCC4)c3c2cc1C(=O)NC(CCN(C)C)c1ccccc1. The summed E-state index contributed by atoms with van der Waals surface area (Å²) >= 11 is 0. The number of rotatable bonds is 7. The summed E-state index contributed by atoms with van der Waals surface area (Å²) < 4.78 is 7.49. The number of amides is 1. The average Bonchev–Trinajstić information content (AvgIpc) is 3.33. The Kier molecular flexibility index (Phi) is 6.89. The fraction of sp³-hybridized carbons (Fsp3) is 0.393. The van der Waals surface area contributed by atoms with Gasteiger partial charge < -0.3 is 19.9 Å². The van der Waals surface area contributed by atoms with Gasteiger partial charge in [0, 0.05) is 24.2 Å². The third kappa shape index (κ3) is 4.79. The molecule has 5 rings (SSSR count). The second kappa shape index (κ2) is 10.2. The zero-order valence-corrected chi connectivity index (χ0v) is 21.1. The zero-order valence-electron chi connectivity index (χ0n) is 21.1. The van der Waals surface area contributed by atoms with Crippen LogP contribution in [0.1, 0.15) is 52.8 Å². The molecule has 1 saturated heterocycles. The maximum atomic E-state index is 13.6. The summed E-state index contributed by atoms with van der Waals surface area (Å²) in [7, 11) is 4.07. The lowest BCUT2D eigenvalue weighted by molar-refractivity contribution is 0.0675. The summed E-state index contributed by atoms with van der Waals surface area (Å²) in [5, 5.41) is 9.22. The minimum absolute atomic E-state index is 0.112. The van der Waals surface area contributed by atoms with Crippen LogP contribution in [-0.2, 0) is 4.74 Å². The first-order valence-corrected chi connectivity index (χ1v) is 12.5. The third-order valence-corrected chi connectivity index (χ3v) is 7.06. The Labute approximate surface area is 210 Å². The number of nitrogens with zero attached hydrogens (tertiary/aromatic N) is 3. The van der Waals surface area contributed by atoms with E-state index < -0.39 is 0 Å². The first-order chi connectivity index (χ1) is 17.4. The van der Waals surface area contributed by atoms with Crippen molar-refractivity contribution in [1.29, 1.82) is 0 Å². The highest BCUT2D eigenvalue weighted by Crippen LogP contribution is 2.30. The molecule has 0 bridgehead atoms. The minimum Gasteiger partial charge on any atom is -0.381 e. The lowest BCUT2D eigenvalue weighted by Crippen LogP contribution is -2.31. The normalized spacial score (nSPS) is 15.6. The second-order valence-corrected chi connectivity index (χ2v) is 9.89. The molecule has 1 fully saturated rings. The van der Waals surface area contributed by atoms with Crippen LogP contribution < -0.4 is 10.9 Å². The number of fused-ring (bicyclic) bond motifs is 3. The van der Waals surface area contributed by atoms with Crippen LogP contribution in [0.4, 0.5) is 0 Å². The molecule has 3 heterocycles. The molecular formula is C28H33N5O3. The highest BCUT2D eigenvalue weighted by atomic mass is 16.5. The molecule has 8 heteroatoms. The predicted molar refractivity (Wildman–Crippen MR) is 142 cm³/mol. The van der Waals surface area contributed by atoms with Crippen molar-refractivity contribution >= 4 is 27.7 Å². The molecule has 2 aromatic heterocycles. The summed E-state index contributed by atoms with van der Waals surface area (Å²) in [4.78, 5) is 31.6. The van der Waals surface area contributed by atoms with Gasteiger partial charge >= 0.3 is 0 Å². The number of H-pyrrole nitrogens is 1. The van der Waals surface area contributed by atoms with Crippen molar-refractivity contribution in [2.75, 3.05) is 33.9 Å². The van der Waals surface area contributed by atoms with Gasteiger partial charge in [0.1, 0.15) is 0 Å². The summed E-state index contributed by atoms with van der Waals surface area (Å²) in [6.07, 6.45) is 4.11. The van der Waals surface area contributed by atoms with Crippen LogP contribution in [0.3, 0.4) is 0 Å². The van der Waals surface area contributed by atoms with Gasteiger partial charge in [-0.2, -0.15) is 5.10 Å². The first kappa shape index (κ1) is 24.2. The number of pyridine rings is 1. The van der Waals surface area contributed by atoms with Gasteiger partial charge in [0.05, 0.1) is 34.7 Å². The van der Waals surface area contributed by atoms with E-state index in [1.54, 1.807) is 6.20 Å². The Hall–Kier alpha value is -3.49. The first-order valence-electron chi connectivity index (χ1n) is 12.5. The monoisotopic (exact) mass is 487 g/mol. The second-order valence-electron chi connectivity index (χ2n) is 9.89. The Balaban J connectivity index is 1.56. The number of aromatic amines is 1. The molecule has 1 amide bonds. The van der Waals surface area contributed by atoms with Crippen LogP contribution in [0.25, 0.3) is 21.8 Å². The molecule has 2 aromatic carbocycles. The summed E-state index contributed by atoms with van der Waals surface area (Å²) in [6, 6.07) is 13.9. The lowest BCUT2D eigenvalue weighted by atomic mass is 10.00. The molecular weight excluding hydrogens is 454 g/mol. The largest absolute Gasteiger partial charge is 0.381 e. The molecule has 2 N–H and O–H groups in total. The number of nitrogens with one attached hydrogen (secondary N) is 2. The summed E-state index contributed by atoms with van der Waals surface area (Å²) in [5.74, 6) is -0.126. The van der Waals surface area contributed by atoms with E-state index in [-0.39, 0.29) is 23.6 Å². The third-order valence-electron chi connectivity index (χ3n) is 7.06. The smallest absolute Gasteiger partial charge is 0.259 e. The van der Waals surface area contributed by atoms with Gasteiger partial charge in [0.2, 0.25) is 0 Å². The fourth-order valence-corrected chi connectivity index (χ4v) is 5.08. The molecule has 188 valence electrons. The molecule has 0 radical (unpaired) electrons. The van der Waals surface area contributed by atoms with Crippen LogP contribution in [-0.4, -0.2) is 59.4 Å². The highest BCUT2D eigenvalue weighted by molar-refractivity contribution is 6.07. The average molecular weight is 488 g/mol. The van der Waals surface area contributed by atoms with Crippen LogP contribution >= 0.6 is 0 Å². The van der Waals surface area contributed by atoms with Crippen molar-refractivity contribution in [1.82, 2.24) is 25.0 Å². The van der Waals surface area contributed by atoms with Gasteiger partial charge in [-0.05, 0) is 70.1 Å². The number of carbonyl (C=O) groups is 1. The van der Waals surface area contributed by atoms with Crippen molar-refractivity contribution in [3.05, 3.63) is 75.7 Å². The van der Waals surface area contributed by atoms with Crippen molar-refractivity contribution in [3.8, 4) is 0 Å². The number of hydrogen-bond donors (Lipinski definition) is 2. The molecule has 36 heavy (non-hydrogen) atoms. The van der Waals surface area contributed by atoms with Crippen molar-refractivity contribution in [2.24, 2.45) is 0 Å². The molecule has 1 unspecified atom stereocenters. The maximum Gasteiger partial charge on any atom is 0.259 e. The Morgan fingerprint density at radius 2 is 1.94 bits per heavy atom. The Morgan fingerprint density at radius 3 is 2.67 bits per heavy atom. The van der Waals surface area contributed by atoms with Crippen LogP contribution in [0.15, 0.2) is 53.5 Å². The van der Waals surface area contributed by atoms with Gasteiger partial charge in [0.15, 0.2) is 0 Å². The quantitative estimate of drug-likeness (QED) is 0.412. The number of aromatic nitrogens is 3. The maximum absolute atomic E-state index is 13.6. The molecule has 0 saturated carbocycles. The van der Waals surface area contributed by atoms with E-state index >= 15 is 0 Å². The number of hydrogen-bond acceptors (Lipinski definition) is 5. The van der Waals surface area contributed by atoms with E-state index in [9.17, 15) is 9.59 Å². The summed E-state index contributed by atoms with van der Waals surface area (Å²) in [5.41, 5.74) is 3.81. The van der Waals surface area contributed by atoms with Crippen molar-refractivity contribution in [2.45, 2.75) is 38.3 Å². The van der Waals surface area contributed by atoms with E-state index in [1.807, 2.05) is 56.0 Å². The fourth-order valence-electron chi connectivity index (χ4n) is 5.08. The van der Waals surface area contributed by atoms with Gasteiger partial charge in [-0.3, -0.25) is 14.3 Å². The number of carbonyl (C=O) groups excluding carboxylic acids is 1. The highest BCUT2D eigenvalue weighted by Gasteiger charge is 2.23. The molecule has 1 atom stereocenters. The van der Waals surface area contributed by atoms with E-state index in [1.165, 1.54) is 0 Å². The van der Waals surface area contributed by atoms with Gasteiger partial charge in [0.25, 0.3) is 11.5 Å². The van der Waals surface area contributed by atoms with Crippen LogP contribution in [0.5, 0.6) is 0 Å². The molecule has 4 aromatic rings. The summed E-state index contributed by atoms with van der Waals surface area (Å²) in [6.45, 7) is 4.11. The molecule has 0 aliphatic carbocycles. The zero-order chi connectivity index (χ0) is 25.2. The van der Waals surface area contributed by atoms with Crippen molar-refractivity contribution < 1.29 is 9.53 Å². The van der Waals surface area contributed by atoms with E-state index in [4.69, 9.17) is 4.74 Å². The number of ether oxygens (including phenoxy) is 1. The molecule has 0 spiro atoms. The van der Waals surface area contributed by atoms with Gasteiger partial charge in [-0.25, -0.2) is 0 Å². The number of aryl methyl sites for hydroxylation is 1. The Morgan fingerprint density at radius 1 is 1.19 bits per heavy atom. The van der Waals surface area contributed by atoms with Crippen LogP contribution in [0, 0.1) is 6.92 Å². The minimum atomic E-state index is -0.166. The number of benzene rings is 2. The molecule has 1 aliphatic heterocycles. The van der Waals surface area contributed by atoms with E-state index in [0.29, 0.717) is 29.7 Å². The topological polar surface area (TPSA) is 92.2 Å². The van der Waals surface area contributed by atoms with E-state index in [0.717, 1.165) is 47.8 Å². The van der Waals surface area contributed by atoms with Gasteiger partial charge in [-0.1, -0.05) is 30.3 Å². The van der Waals surface area contributed by atoms with Crippen LogP contribution in [0.2, 0.25) is 0 Å². The van der Waals surface area contributed by atoms with Crippen molar-refractivity contribution in [3.63, 3.8) is 0 Å². The molecule has 8 nitrogen and oxygen atoms in total. The molecule has 1 aliphatic rings. The lowest BCUT2D eigenvalue weighted by Gasteiger charge is -2.24. The predicted octanol–water partition coefficient (Wildman–Crippen LogP) is 3.96. The van der Waals surface area contributed by atoms with E-state index in [2.05, 4.69) is 32.4 Å². The van der Waals surface area contributed by atoms with Gasteiger partial charge in [-0.15, -0.1) is 0 Å². The Bertz CT molecular complexity index is 1430. The standard InChI is InChI=1S/C28H33N5O3/c1-18-15-25-22(26-23(28(35)31-25)17-29-33(26)20-10-13-36-14-11-20)16-21(18)27(34)30-24(9-12-32(2)3)19-7-5-4-6-8-19/h4-8,15-17,20,24H,9-14H2,1-3H3,(H,30,34)(H,31,35).